The number of hydrogen-bond donors (Lipinski definition) is 2. The van der Waals surface area contributed by atoms with Gasteiger partial charge in [-0.3, -0.25) is 4.79 Å². The monoisotopic (exact) mass is 226 g/mol. The maximum absolute atomic E-state index is 11.8. The average molecular weight is 226 g/mol. The van der Waals surface area contributed by atoms with E-state index in [9.17, 15) is 4.79 Å². The lowest BCUT2D eigenvalue weighted by Crippen LogP contribution is -2.52. The highest BCUT2D eigenvalue weighted by Gasteiger charge is 2.25. The zero-order chi connectivity index (χ0) is 11.3. The number of rotatable bonds is 5. The third-order valence-electron chi connectivity index (χ3n) is 2.19. The lowest BCUT2D eigenvalue weighted by Gasteiger charge is -2.24. The van der Waals surface area contributed by atoms with Crippen LogP contribution in [0.15, 0.2) is 17.5 Å². The SMILES string of the molecule is CCNC(C)(C)C(=O)NCc1cccs1. The van der Waals surface area contributed by atoms with Crippen LogP contribution >= 0.6 is 11.3 Å². The quantitative estimate of drug-likeness (QED) is 0.803. The third kappa shape index (κ3) is 3.64. The summed E-state index contributed by atoms with van der Waals surface area (Å²) in [5.74, 6) is 0.0396. The highest BCUT2D eigenvalue weighted by molar-refractivity contribution is 7.09. The van der Waals surface area contributed by atoms with Crippen molar-refractivity contribution in [2.75, 3.05) is 6.54 Å². The molecular weight excluding hydrogens is 208 g/mol. The molecule has 0 bridgehead atoms. The van der Waals surface area contributed by atoms with E-state index in [0.29, 0.717) is 6.54 Å². The smallest absolute Gasteiger partial charge is 0.240 e. The topological polar surface area (TPSA) is 41.1 Å². The minimum atomic E-state index is -0.494. The fraction of sp³-hybridized carbons (Fsp3) is 0.545. The van der Waals surface area contributed by atoms with Crippen molar-refractivity contribution in [3.8, 4) is 0 Å². The fourth-order valence-electron chi connectivity index (χ4n) is 1.32. The Labute approximate surface area is 94.9 Å². The Morgan fingerprint density at radius 1 is 1.53 bits per heavy atom. The molecule has 1 aromatic heterocycles. The van der Waals surface area contributed by atoms with Crippen LogP contribution in [-0.2, 0) is 11.3 Å². The number of carbonyl (C=O) groups is 1. The summed E-state index contributed by atoms with van der Waals surface area (Å²) in [5.41, 5.74) is -0.494. The van der Waals surface area contributed by atoms with Crippen LogP contribution in [0.2, 0.25) is 0 Å². The summed E-state index contributed by atoms with van der Waals surface area (Å²) in [6.45, 7) is 7.18. The van der Waals surface area contributed by atoms with Crippen molar-refractivity contribution in [2.45, 2.75) is 32.9 Å². The predicted octanol–water partition coefficient (Wildman–Crippen LogP) is 1.75. The number of thiophene rings is 1. The lowest BCUT2D eigenvalue weighted by atomic mass is 10.0. The second kappa shape index (κ2) is 5.28. The minimum Gasteiger partial charge on any atom is -0.350 e. The number of nitrogens with one attached hydrogen (secondary N) is 2. The second-order valence-corrected chi connectivity index (χ2v) is 4.95. The molecule has 1 rings (SSSR count). The Bertz CT molecular complexity index is 306. The molecule has 4 heteroatoms. The number of amides is 1. The molecule has 0 unspecified atom stereocenters. The molecule has 0 radical (unpaired) electrons. The summed E-state index contributed by atoms with van der Waals surface area (Å²) in [6, 6.07) is 4.01. The van der Waals surface area contributed by atoms with Gasteiger partial charge in [-0.15, -0.1) is 11.3 Å². The molecule has 2 N–H and O–H groups in total. The highest BCUT2D eigenvalue weighted by atomic mass is 32.1. The highest BCUT2D eigenvalue weighted by Crippen LogP contribution is 2.08. The average Bonchev–Trinajstić information content (AvgIpc) is 2.66. The molecule has 0 spiro atoms. The van der Waals surface area contributed by atoms with Gasteiger partial charge < -0.3 is 10.6 Å². The van der Waals surface area contributed by atoms with Gasteiger partial charge >= 0.3 is 0 Å². The first-order chi connectivity index (χ1) is 7.06. The van der Waals surface area contributed by atoms with E-state index in [1.165, 1.54) is 4.88 Å². The second-order valence-electron chi connectivity index (χ2n) is 3.92. The molecule has 0 fully saturated rings. The van der Waals surface area contributed by atoms with Crippen molar-refractivity contribution in [1.29, 1.82) is 0 Å². The molecule has 84 valence electrons. The van der Waals surface area contributed by atoms with Crippen molar-refractivity contribution in [3.05, 3.63) is 22.4 Å². The van der Waals surface area contributed by atoms with Gasteiger partial charge in [0.25, 0.3) is 0 Å². The zero-order valence-corrected chi connectivity index (χ0v) is 10.3. The summed E-state index contributed by atoms with van der Waals surface area (Å²) >= 11 is 1.65. The van der Waals surface area contributed by atoms with Crippen LogP contribution in [0.25, 0.3) is 0 Å². The molecular formula is C11H18N2OS. The molecule has 0 atom stereocenters. The van der Waals surface area contributed by atoms with Crippen LogP contribution in [0.4, 0.5) is 0 Å². The van der Waals surface area contributed by atoms with Gasteiger partial charge in [0, 0.05) is 4.88 Å². The molecule has 3 nitrogen and oxygen atoms in total. The van der Waals surface area contributed by atoms with Crippen LogP contribution in [0.3, 0.4) is 0 Å². The van der Waals surface area contributed by atoms with E-state index in [1.54, 1.807) is 11.3 Å². The summed E-state index contributed by atoms with van der Waals surface area (Å²) in [7, 11) is 0. The van der Waals surface area contributed by atoms with Crippen LogP contribution in [0.1, 0.15) is 25.6 Å². The van der Waals surface area contributed by atoms with Crippen LogP contribution in [-0.4, -0.2) is 18.0 Å². The first kappa shape index (κ1) is 12.2. The largest absolute Gasteiger partial charge is 0.350 e. The van der Waals surface area contributed by atoms with Crippen molar-refractivity contribution >= 4 is 17.2 Å². The lowest BCUT2D eigenvalue weighted by molar-refractivity contribution is -0.126. The Kier molecular flexibility index (Phi) is 4.29. The van der Waals surface area contributed by atoms with E-state index in [4.69, 9.17) is 0 Å². The summed E-state index contributed by atoms with van der Waals surface area (Å²) < 4.78 is 0. The van der Waals surface area contributed by atoms with Gasteiger partial charge in [0.1, 0.15) is 0 Å². The molecule has 1 aromatic rings. The molecule has 0 saturated heterocycles. The van der Waals surface area contributed by atoms with Gasteiger partial charge in [-0.05, 0) is 31.8 Å². The van der Waals surface area contributed by atoms with Gasteiger partial charge in [-0.2, -0.15) is 0 Å². The predicted molar refractivity (Wildman–Crippen MR) is 63.9 cm³/mol. The molecule has 0 aliphatic rings. The van der Waals surface area contributed by atoms with Crippen molar-refractivity contribution < 1.29 is 4.79 Å². The minimum absolute atomic E-state index is 0.0396. The van der Waals surface area contributed by atoms with E-state index >= 15 is 0 Å². The number of likely N-dealkylation sites (N-methyl/N-ethyl adjacent to an activating group) is 1. The van der Waals surface area contributed by atoms with Crippen molar-refractivity contribution in [3.63, 3.8) is 0 Å². The normalized spacial score (nSPS) is 11.4. The number of carbonyl (C=O) groups excluding carboxylic acids is 1. The molecule has 1 amide bonds. The molecule has 0 aromatic carbocycles. The van der Waals surface area contributed by atoms with Gasteiger partial charge in [-0.1, -0.05) is 13.0 Å². The van der Waals surface area contributed by atoms with E-state index in [0.717, 1.165) is 6.54 Å². The van der Waals surface area contributed by atoms with Crippen LogP contribution in [0.5, 0.6) is 0 Å². The fourth-order valence-corrected chi connectivity index (χ4v) is 1.97. The van der Waals surface area contributed by atoms with Crippen molar-refractivity contribution in [2.24, 2.45) is 0 Å². The standard InChI is InChI=1S/C11H18N2OS/c1-4-13-11(2,3)10(14)12-8-9-6-5-7-15-9/h5-7,13H,4,8H2,1-3H3,(H,12,14). The number of hydrogen-bond acceptors (Lipinski definition) is 3. The molecule has 0 aliphatic carbocycles. The van der Waals surface area contributed by atoms with Crippen LogP contribution < -0.4 is 10.6 Å². The Morgan fingerprint density at radius 2 is 2.27 bits per heavy atom. The molecule has 0 saturated carbocycles. The first-order valence-electron chi connectivity index (χ1n) is 5.12. The maximum atomic E-state index is 11.8. The first-order valence-corrected chi connectivity index (χ1v) is 6.00. The summed E-state index contributed by atoms with van der Waals surface area (Å²) in [4.78, 5) is 13.0. The zero-order valence-electron chi connectivity index (χ0n) is 9.46. The third-order valence-corrected chi connectivity index (χ3v) is 3.07. The summed E-state index contributed by atoms with van der Waals surface area (Å²) in [5, 5.41) is 8.07. The van der Waals surface area contributed by atoms with Gasteiger partial charge in [0.2, 0.25) is 5.91 Å². The van der Waals surface area contributed by atoms with E-state index < -0.39 is 5.54 Å². The Balaban J connectivity index is 2.42. The van der Waals surface area contributed by atoms with Gasteiger partial charge in [0.05, 0.1) is 12.1 Å². The maximum Gasteiger partial charge on any atom is 0.240 e. The van der Waals surface area contributed by atoms with E-state index in [-0.39, 0.29) is 5.91 Å². The molecule has 15 heavy (non-hydrogen) atoms. The molecule has 1 heterocycles. The van der Waals surface area contributed by atoms with Crippen LogP contribution in [0, 0.1) is 0 Å². The Hall–Kier alpha value is -0.870. The Morgan fingerprint density at radius 3 is 2.80 bits per heavy atom. The van der Waals surface area contributed by atoms with E-state index in [1.807, 2.05) is 38.3 Å². The van der Waals surface area contributed by atoms with Crippen molar-refractivity contribution in [1.82, 2.24) is 10.6 Å². The summed E-state index contributed by atoms with van der Waals surface area (Å²) in [6.07, 6.45) is 0. The van der Waals surface area contributed by atoms with Gasteiger partial charge in [-0.25, -0.2) is 0 Å². The van der Waals surface area contributed by atoms with E-state index in [2.05, 4.69) is 10.6 Å². The van der Waals surface area contributed by atoms with Gasteiger partial charge in [0.15, 0.2) is 0 Å². The molecule has 0 aliphatic heterocycles.